The number of ether oxygens (including phenoxy) is 2. The van der Waals surface area contributed by atoms with E-state index in [0.29, 0.717) is 0 Å². The van der Waals surface area contributed by atoms with Gasteiger partial charge in [0.05, 0.1) is 10.3 Å². The monoisotopic (exact) mass is 371 g/mol. The van der Waals surface area contributed by atoms with Gasteiger partial charge in [0.15, 0.2) is 6.29 Å². The van der Waals surface area contributed by atoms with E-state index in [0.717, 1.165) is 26.1 Å². The minimum absolute atomic E-state index is 0.0108. The summed E-state index contributed by atoms with van der Waals surface area (Å²) in [7, 11) is 0. The number of H-pyrrole nitrogens is 1. The molecule has 1 aromatic heterocycles. The number of fused-ring (bicyclic) bond motifs is 1. The Labute approximate surface area is 126 Å². The first kappa shape index (κ1) is 13.4. The van der Waals surface area contributed by atoms with Gasteiger partial charge in [0.1, 0.15) is 0 Å². The minimum Gasteiger partial charge on any atom is -0.353 e. The second-order valence-electron chi connectivity index (χ2n) is 4.88. The van der Waals surface area contributed by atoms with Crippen LogP contribution >= 0.6 is 22.6 Å². The van der Waals surface area contributed by atoms with Crippen molar-refractivity contribution in [1.82, 2.24) is 4.98 Å². The van der Waals surface area contributed by atoms with Crippen LogP contribution in [0.2, 0.25) is 0 Å². The Morgan fingerprint density at radius 3 is 3.05 bits per heavy atom. The zero-order valence-corrected chi connectivity index (χ0v) is 13.0. The Morgan fingerprint density at radius 1 is 1.32 bits per heavy atom. The molecule has 0 spiro atoms. The largest absolute Gasteiger partial charge is 0.353 e. The lowest BCUT2D eigenvalue weighted by molar-refractivity contribution is -0.161. The molecule has 0 saturated carbocycles. The quantitative estimate of drug-likeness (QED) is 0.829. The molecule has 0 radical (unpaired) electrons. The van der Waals surface area contributed by atoms with Crippen LogP contribution in [0, 0.1) is 3.70 Å². The van der Waals surface area contributed by atoms with Crippen molar-refractivity contribution >= 4 is 33.5 Å². The molecule has 1 atom stereocenters. The summed E-state index contributed by atoms with van der Waals surface area (Å²) in [4.78, 5) is 3.42. The van der Waals surface area contributed by atoms with Crippen LogP contribution in [0.25, 0.3) is 10.9 Å². The molecule has 0 unspecified atom stereocenters. The van der Waals surface area contributed by atoms with Crippen molar-refractivity contribution in [2.24, 2.45) is 0 Å². The fourth-order valence-electron chi connectivity index (χ4n) is 2.55. The van der Waals surface area contributed by atoms with Crippen LogP contribution in [0.15, 0.2) is 24.3 Å². The second kappa shape index (κ2) is 6.24. The van der Waals surface area contributed by atoms with E-state index in [9.17, 15) is 0 Å². The standard InChI is InChI=1S/C15H18INO2/c16-15-12(11-5-1-2-6-13(11)17-15)8-10-19-14-7-3-4-9-18-14/h1-2,5-6,14,17H,3-4,7-10H2/t14-/m0/s1. The van der Waals surface area contributed by atoms with Gasteiger partial charge in [-0.05, 0) is 59.9 Å². The Hall–Kier alpha value is -0.590. The molecule has 1 aromatic carbocycles. The smallest absolute Gasteiger partial charge is 0.157 e. The summed E-state index contributed by atoms with van der Waals surface area (Å²) in [5.74, 6) is 0. The Kier molecular flexibility index (Phi) is 4.40. The number of hydrogen-bond donors (Lipinski definition) is 1. The molecule has 19 heavy (non-hydrogen) atoms. The zero-order valence-electron chi connectivity index (χ0n) is 10.8. The number of aromatic nitrogens is 1. The van der Waals surface area contributed by atoms with Gasteiger partial charge in [0, 0.05) is 17.5 Å². The first-order valence-electron chi connectivity index (χ1n) is 6.83. The van der Waals surface area contributed by atoms with Gasteiger partial charge in [-0.25, -0.2) is 0 Å². The van der Waals surface area contributed by atoms with Gasteiger partial charge < -0.3 is 14.5 Å². The lowest BCUT2D eigenvalue weighted by atomic mass is 10.1. The van der Waals surface area contributed by atoms with E-state index in [4.69, 9.17) is 9.47 Å². The summed E-state index contributed by atoms with van der Waals surface area (Å²) in [6.45, 7) is 1.57. The molecule has 4 heteroatoms. The van der Waals surface area contributed by atoms with E-state index in [1.54, 1.807) is 0 Å². The molecule has 1 aliphatic rings. The third-order valence-electron chi connectivity index (χ3n) is 3.56. The van der Waals surface area contributed by atoms with Gasteiger partial charge in [0.25, 0.3) is 0 Å². The number of benzene rings is 1. The third-order valence-corrected chi connectivity index (χ3v) is 4.48. The molecule has 1 aliphatic heterocycles. The molecule has 0 aliphatic carbocycles. The predicted octanol–water partition coefficient (Wildman–Crippen LogP) is 3.86. The maximum atomic E-state index is 5.82. The van der Waals surface area contributed by atoms with Crippen LogP contribution in [0.4, 0.5) is 0 Å². The van der Waals surface area contributed by atoms with Crippen molar-refractivity contribution in [1.29, 1.82) is 0 Å². The van der Waals surface area contributed by atoms with Crippen molar-refractivity contribution in [2.75, 3.05) is 13.2 Å². The number of para-hydroxylation sites is 1. The van der Waals surface area contributed by atoms with E-state index in [-0.39, 0.29) is 6.29 Å². The Bertz CT molecular complexity index is 546. The normalized spacial score (nSPS) is 19.9. The molecule has 1 N–H and O–H groups in total. The molecule has 102 valence electrons. The molecule has 3 rings (SSSR count). The highest BCUT2D eigenvalue weighted by molar-refractivity contribution is 14.1. The Morgan fingerprint density at radius 2 is 2.21 bits per heavy atom. The van der Waals surface area contributed by atoms with Gasteiger partial charge in [-0.3, -0.25) is 0 Å². The zero-order chi connectivity index (χ0) is 13.1. The van der Waals surface area contributed by atoms with Crippen molar-refractivity contribution in [3.8, 4) is 0 Å². The first-order valence-corrected chi connectivity index (χ1v) is 7.91. The summed E-state index contributed by atoms with van der Waals surface area (Å²) in [6, 6.07) is 8.43. The van der Waals surface area contributed by atoms with E-state index in [1.807, 2.05) is 0 Å². The highest BCUT2D eigenvalue weighted by Crippen LogP contribution is 2.24. The summed E-state index contributed by atoms with van der Waals surface area (Å²) < 4.78 is 12.6. The number of rotatable bonds is 4. The Balaban J connectivity index is 1.63. The van der Waals surface area contributed by atoms with Gasteiger partial charge in [0.2, 0.25) is 0 Å². The number of nitrogens with one attached hydrogen (secondary N) is 1. The van der Waals surface area contributed by atoms with E-state index in [2.05, 4.69) is 51.8 Å². The van der Waals surface area contributed by atoms with E-state index in [1.165, 1.54) is 33.0 Å². The summed E-state index contributed by atoms with van der Waals surface area (Å²) in [6.07, 6.45) is 4.36. The molecule has 0 amide bonds. The number of hydrogen-bond acceptors (Lipinski definition) is 2. The molecular weight excluding hydrogens is 353 g/mol. The fourth-order valence-corrected chi connectivity index (χ4v) is 3.40. The van der Waals surface area contributed by atoms with Crippen LogP contribution in [0.5, 0.6) is 0 Å². The summed E-state index contributed by atoms with van der Waals surface area (Å²) >= 11 is 2.37. The predicted molar refractivity (Wildman–Crippen MR) is 84.3 cm³/mol. The fraction of sp³-hybridized carbons (Fsp3) is 0.467. The van der Waals surface area contributed by atoms with Crippen LogP contribution < -0.4 is 0 Å². The lowest BCUT2D eigenvalue weighted by Gasteiger charge is -2.22. The average Bonchev–Trinajstić information content (AvgIpc) is 2.76. The van der Waals surface area contributed by atoms with Crippen molar-refractivity contribution < 1.29 is 9.47 Å². The van der Waals surface area contributed by atoms with Crippen LogP contribution in [0.1, 0.15) is 24.8 Å². The summed E-state index contributed by atoms with van der Waals surface area (Å²) in [5.41, 5.74) is 2.56. The SMILES string of the molecule is Ic1[nH]c2ccccc2c1CCO[C@H]1CCCCO1. The molecule has 0 bridgehead atoms. The topological polar surface area (TPSA) is 34.2 Å². The molecular formula is C15H18INO2. The molecule has 3 nitrogen and oxygen atoms in total. The van der Waals surface area contributed by atoms with E-state index < -0.39 is 0 Å². The summed E-state index contributed by atoms with van der Waals surface area (Å²) in [5, 5.41) is 1.31. The molecule has 2 heterocycles. The second-order valence-corrected chi connectivity index (χ2v) is 5.96. The highest BCUT2D eigenvalue weighted by atomic mass is 127. The minimum atomic E-state index is 0.0108. The average molecular weight is 371 g/mol. The van der Waals surface area contributed by atoms with Crippen LogP contribution in [-0.2, 0) is 15.9 Å². The van der Waals surface area contributed by atoms with Crippen LogP contribution in [0.3, 0.4) is 0 Å². The van der Waals surface area contributed by atoms with E-state index >= 15 is 0 Å². The van der Waals surface area contributed by atoms with Gasteiger partial charge >= 0.3 is 0 Å². The maximum Gasteiger partial charge on any atom is 0.157 e. The van der Waals surface area contributed by atoms with Crippen molar-refractivity contribution in [3.63, 3.8) is 0 Å². The van der Waals surface area contributed by atoms with Gasteiger partial charge in [-0.1, -0.05) is 18.2 Å². The molecule has 2 aromatic rings. The van der Waals surface area contributed by atoms with Crippen molar-refractivity contribution in [3.05, 3.63) is 33.5 Å². The highest BCUT2D eigenvalue weighted by Gasteiger charge is 2.15. The first-order chi connectivity index (χ1) is 9.34. The lowest BCUT2D eigenvalue weighted by Crippen LogP contribution is -2.23. The van der Waals surface area contributed by atoms with Gasteiger partial charge in [-0.2, -0.15) is 0 Å². The van der Waals surface area contributed by atoms with Gasteiger partial charge in [-0.15, -0.1) is 0 Å². The number of aromatic amines is 1. The molecule has 1 saturated heterocycles. The third kappa shape index (κ3) is 3.12. The van der Waals surface area contributed by atoms with Crippen LogP contribution in [-0.4, -0.2) is 24.5 Å². The molecule has 1 fully saturated rings. The van der Waals surface area contributed by atoms with Crippen molar-refractivity contribution in [2.45, 2.75) is 32.0 Å². The number of halogens is 1. The maximum absolute atomic E-state index is 5.82.